The maximum absolute atomic E-state index is 5.24. The van der Waals surface area contributed by atoms with Crippen LogP contribution < -0.4 is 0 Å². The molecule has 0 bridgehead atoms. The third-order valence-electron chi connectivity index (χ3n) is 1.82. The maximum atomic E-state index is 5.24. The standard InChI is InChI=1S/C9H16BrN3O/c1-2-14-7-3-6-13-8-9(4-5-10)11-12-13/h8H,2-7H2,1H3. The van der Waals surface area contributed by atoms with Crippen LogP contribution in [0.25, 0.3) is 0 Å². The first-order valence-electron chi connectivity index (χ1n) is 4.89. The van der Waals surface area contributed by atoms with Crippen LogP contribution in [0.5, 0.6) is 0 Å². The number of hydrogen-bond donors (Lipinski definition) is 0. The highest BCUT2D eigenvalue weighted by molar-refractivity contribution is 9.09. The Morgan fingerprint density at radius 2 is 2.43 bits per heavy atom. The van der Waals surface area contributed by atoms with E-state index in [4.69, 9.17) is 4.74 Å². The topological polar surface area (TPSA) is 39.9 Å². The second kappa shape index (κ2) is 6.95. The average Bonchev–Trinajstić information content (AvgIpc) is 2.61. The number of ether oxygens (including phenoxy) is 1. The summed E-state index contributed by atoms with van der Waals surface area (Å²) in [5.74, 6) is 0. The lowest BCUT2D eigenvalue weighted by atomic mass is 10.4. The Morgan fingerprint density at radius 1 is 1.57 bits per heavy atom. The zero-order valence-corrected chi connectivity index (χ0v) is 10.0. The van der Waals surface area contributed by atoms with Gasteiger partial charge in [0.15, 0.2) is 0 Å². The molecule has 0 aliphatic heterocycles. The Hall–Kier alpha value is -0.420. The van der Waals surface area contributed by atoms with Gasteiger partial charge in [-0.2, -0.15) is 0 Å². The van der Waals surface area contributed by atoms with Crippen LogP contribution >= 0.6 is 15.9 Å². The molecule has 0 aromatic carbocycles. The molecule has 14 heavy (non-hydrogen) atoms. The van der Waals surface area contributed by atoms with Gasteiger partial charge in [0.25, 0.3) is 0 Å². The van der Waals surface area contributed by atoms with E-state index in [0.29, 0.717) is 0 Å². The summed E-state index contributed by atoms with van der Waals surface area (Å²) in [5, 5.41) is 9.00. The van der Waals surface area contributed by atoms with E-state index >= 15 is 0 Å². The zero-order valence-electron chi connectivity index (χ0n) is 8.45. The summed E-state index contributed by atoms with van der Waals surface area (Å²) in [6, 6.07) is 0. The summed E-state index contributed by atoms with van der Waals surface area (Å²) in [6.45, 7) is 4.47. The fourth-order valence-electron chi connectivity index (χ4n) is 1.13. The van der Waals surface area contributed by atoms with Crippen LogP contribution in [0.15, 0.2) is 6.20 Å². The minimum atomic E-state index is 0.784. The van der Waals surface area contributed by atoms with E-state index in [1.165, 1.54) is 0 Å². The van der Waals surface area contributed by atoms with Crippen molar-refractivity contribution in [1.82, 2.24) is 15.0 Å². The molecule has 1 aromatic heterocycles. The van der Waals surface area contributed by atoms with Crippen molar-refractivity contribution in [2.24, 2.45) is 0 Å². The fourth-order valence-corrected chi connectivity index (χ4v) is 1.54. The zero-order chi connectivity index (χ0) is 10.2. The summed E-state index contributed by atoms with van der Waals surface area (Å²) in [6.07, 6.45) is 3.92. The minimum Gasteiger partial charge on any atom is -0.382 e. The molecular weight excluding hydrogens is 246 g/mol. The van der Waals surface area contributed by atoms with Crippen LogP contribution in [-0.2, 0) is 17.7 Å². The van der Waals surface area contributed by atoms with E-state index in [9.17, 15) is 0 Å². The van der Waals surface area contributed by atoms with Crippen molar-refractivity contribution in [2.45, 2.75) is 26.3 Å². The van der Waals surface area contributed by atoms with Gasteiger partial charge in [0.1, 0.15) is 0 Å². The van der Waals surface area contributed by atoms with Gasteiger partial charge in [-0.05, 0) is 13.3 Å². The van der Waals surface area contributed by atoms with Crippen molar-refractivity contribution >= 4 is 15.9 Å². The predicted molar refractivity (Wildman–Crippen MR) is 58.6 cm³/mol. The Kier molecular flexibility index (Phi) is 5.78. The van der Waals surface area contributed by atoms with Gasteiger partial charge >= 0.3 is 0 Å². The Bertz CT molecular complexity index is 252. The van der Waals surface area contributed by atoms with Crippen molar-refractivity contribution in [3.63, 3.8) is 0 Å². The average molecular weight is 262 g/mol. The van der Waals surface area contributed by atoms with Gasteiger partial charge in [0.05, 0.1) is 5.69 Å². The van der Waals surface area contributed by atoms with E-state index in [0.717, 1.165) is 43.6 Å². The summed E-state index contributed by atoms with van der Waals surface area (Å²) in [4.78, 5) is 0. The van der Waals surface area contributed by atoms with Crippen molar-refractivity contribution in [2.75, 3.05) is 18.5 Å². The number of halogens is 1. The molecule has 1 aromatic rings. The number of hydrogen-bond acceptors (Lipinski definition) is 3. The first kappa shape index (κ1) is 11.7. The molecule has 1 rings (SSSR count). The molecule has 0 saturated carbocycles. The molecular formula is C9H16BrN3O. The molecule has 80 valence electrons. The molecule has 0 fully saturated rings. The molecule has 0 N–H and O–H groups in total. The van der Waals surface area contributed by atoms with Gasteiger partial charge in [-0.3, -0.25) is 4.68 Å². The van der Waals surface area contributed by atoms with Crippen molar-refractivity contribution in [3.8, 4) is 0 Å². The summed E-state index contributed by atoms with van der Waals surface area (Å²) in [5.41, 5.74) is 1.04. The fraction of sp³-hybridized carbons (Fsp3) is 0.778. The number of rotatable bonds is 7. The Balaban J connectivity index is 2.22. The van der Waals surface area contributed by atoms with Gasteiger partial charge in [-0.1, -0.05) is 21.1 Å². The second-order valence-electron chi connectivity index (χ2n) is 2.96. The van der Waals surface area contributed by atoms with Crippen LogP contribution in [0.2, 0.25) is 0 Å². The van der Waals surface area contributed by atoms with Gasteiger partial charge in [0, 0.05) is 37.7 Å². The lowest BCUT2D eigenvalue weighted by molar-refractivity contribution is 0.140. The number of alkyl halides is 1. The summed E-state index contributed by atoms with van der Waals surface area (Å²) < 4.78 is 7.11. The van der Waals surface area contributed by atoms with E-state index < -0.39 is 0 Å². The molecule has 5 heteroatoms. The second-order valence-corrected chi connectivity index (χ2v) is 3.76. The highest BCUT2D eigenvalue weighted by atomic mass is 79.9. The summed E-state index contributed by atoms with van der Waals surface area (Å²) >= 11 is 3.37. The smallest absolute Gasteiger partial charge is 0.0835 e. The van der Waals surface area contributed by atoms with Gasteiger partial charge in [-0.25, -0.2) is 0 Å². The molecule has 0 radical (unpaired) electrons. The molecule has 0 aliphatic rings. The lowest BCUT2D eigenvalue weighted by Gasteiger charge is -2.00. The van der Waals surface area contributed by atoms with Crippen LogP contribution in [0.3, 0.4) is 0 Å². The molecule has 0 spiro atoms. The van der Waals surface area contributed by atoms with E-state index in [1.807, 2.05) is 17.8 Å². The minimum absolute atomic E-state index is 0.784. The first-order valence-corrected chi connectivity index (χ1v) is 6.01. The van der Waals surface area contributed by atoms with Gasteiger partial charge in [0.2, 0.25) is 0 Å². The molecule has 1 heterocycles. The Labute approximate surface area is 92.8 Å². The number of nitrogens with zero attached hydrogens (tertiary/aromatic N) is 3. The largest absolute Gasteiger partial charge is 0.382 e. The van der Waals surface area contributed by atoms with Crippen molar-refractivity contribution in [3.05, 3.63) is 11.9 Å². The molecule has 0 atom stereocenters. The van der Waals surface area contributed by atoms with Crippen LogP contribution in [0.4, 0.5) is 0 Å². The molecule has 0 unspecified atom stereocenters. The van der Waals surface area contributed by atoms with Crippen LogP contribution in [0, 0.1) is 0 Å². The number of aryl methyl sites for hydroxylation is 2. The van der Waals surface area contributed by atoms with Crippen LogP contribution in [-0.4, -0.2) is 33.5 Å². The summed E-state index contributed by atoms with van der Waals surface area (Å²) in [7, 11) is 0. The monoisotopic (exact) mass is 261 g/mol. The van der Waals surface area contributed by atoms with Crippen molar-refractivity contribution < 1.29 is 4.74 Å². The molecule has 0 saturated heterocycles. The van der Waals surface area contributed by atoms with Crippen molar-refractivity contribution in [1.29, 1.82) is 0 Å². The highest BCUT2D eigenvalue weighted by Gasteiger charge is 1.98. The first-order chi connectivity index (χ1) is 6.86. The lowest BCUT2D eigenvalue weighted by Crippen LogP contribution is -2.03. The highest BCUT2D eigenvalue weighted by Crippen LogP contribution is 1.98. The normalized spacial score (nSPS) is 10.7. The third-order valence-corrected chi connectivity index (χ3v) is 2.21. The van der Waals surface area contributed by atoms with E-state index in [-0.39, 0.29) is 0 Å². The van der Waals surface area contributed by atoms with Crippen LogP contribution in [0.1, 0.15) is 19.0 Å². The van der Waals surface area contributed by atoms with Gasteiger partial charge < -0.3 is 4.74 Å². The van der Waals surface area contributed by atoms with E-state index in [1.54, 1.807) is 0 Å². The predicted octanol–water partition coefficient (Wildman–Crippen LogP) is 1.64. The van der Waals surface area contributed by atoms with Gasteiger partial charge in [-0.15, -0.1) is 5.10 Å². The molecule has 4 nitrogen and oxygen atoms in total. The molecule has 0 amide bonds. The quantitative estimate of drug-likeness (QED) is 0.554. The Morgan fingerprint density at radius 3 is 3.14 bits per heavy atom. The SMILES string of the molecule is CCOCCCn1cc(CCBr)nn1. The third kappa shape index (κ3) is 4.19. The van der Waals surface area contributed by atoms with E-state index in [2.05, 4.69) is 26.2 Å². The maximum Gasteiger partial charge on any atom is 0.0835 e. The number of aromatic nitrogens is 3. The molecule has 0 aliphatic carbocycles.